The molecule has 1 aliphatic heterocycles. The van der Waals surface area contributed by atoms with Crippen molar-refractivity contribution in [2.24, 2.45) is 4.99 Å². The summed E-state index contributed by atoms with van der Waals surface area (Å²) >= 11 is 9.28. The first kappa shape index (κ1) is 31.9. The number of aromatic nitrogens is 1. The van der Waals surface area contributed by atoms with Crippen molar-refractivity contribution in [3.8, 4) is 11.5 Å². The van der Waals surface area contributed by atoms with Gasteiger partial charge in [0.1, 0.15) is 12.6 Å². The Bertz CT molecular complexity index is 2180. The van der Waals surface area contributed by atoms with Crippen LogP contribution >= 0.6 is 34.3 Å². The third kappa shape index (κ3) is 6.48. The standard InChI is InChI=1S/C34H26ClN3O7S2/c1-3-44-33(40)28-29(22-8-5-4-6-9-22)36-34-37(30(28)26-10-7-15-46-26)32(39)27(47-34)18-21-16-24(35)31(25(17-21)43-2)45-19-20-11-13-23(14-12-20)38(41)42/h4-18,30H,3,19H2,1-2H3/b27-18-/t30-/m1/s1. The fourth-order valence-electron chi connectivity index (χ4n) is 5.14. The summed E-state index contributed by atoms with van der Waals surface area (Å²) in [5.41, 5.74) is 2.42. The number of nitro groups is 1. The number of nitrogens with zero attached hydrogens (tertiary/aromatic N) is 3. The summed E-state index contributed by atoms with van der Waals surface area (Å²) in [5.74, 6) is 0.0879. The van der Waals surface area contributed by atoms with E-state index < -0.39 is 16.9 Å². The Balaban J connectivity index is 1.43. The third-order valence-corrected chi connectivity index (χ3v) is 9.45. The van der Waals surface area contributed by atoms with E-state index >= 15 is 0 Å². The van der Waals surface area contributed by atoms with E-state index in [-0.39, 0.29) is 35.2 Å². The van der Waals surface area contributed by atoms with E-state index in [1.54, 1.807) is 41.8 Å². The number of thiophene rings is 1. The molecule has 0 bridgehead atoms. The first-order valence-corrected chi connectivity index (χ1v) is 16.4. The Morgan fingerprint density at radius 2 is 1.87 bits per heavy atom. The molecule has 238 valence electrons. The molecule has 1 atom stereocenters. The summed E-state index contributed by atoms with van der Waals surface area (Å²) in [4.78, 5) is 44.2. The lowest BCUT2D eigenvalue weighted by Crippen LogP contribution is -2.39. The van der Waals surface area contributed by atoms with Gasteiger partial charge >= 0.3 is 5.97 Å². The number of nitro benzene ring substituents is 1. The van der Waals surface area contributed by atoms with Crippen LogP contribution in [0.25, 0.3) is 11.8 Å². The van der Waals surface area contributed by atoms with Crippen LogP contribution < -0.4 is 24.4 Å². The number of hydrogen-bond acceptors (Lipinski definition) is 10. The molecule has 0 unspecified atom stereocenters. The maximum Gasteiger partial charge on any atom is 0.338 e. The predicted molar refractivity (Wildman–Crippen MR) is 181 cm³/mol. The van der Waals surface area contributed by atoms with Crippen LogP contribution in [0.2, 0.25) is 5.02 Å². The summed E-state index contributed by atoms with van der Waals surface area (Å²) in [7, 11) is 1.48. The molecule has 0 fully saturated rings. The highest BCUT2D eigenvalue weighted by Gasteiger charge is 2.35. The van der Waals surface area contributed by atoms with Gasteiger partial charge in [0, 0.05) is 22.6 Å². The number of carbonyl (C=O) groups is 1. The Morgan fingerprint density at radius 1 is 1.11 bits per heavy atom. The zero-order valence-corrected chi connectivity index (χ0v) is 27.4. The average Bonchev–Trinajstić information content (AvgIpc) is 3.72. The second-order valence-corrected chi connectivity index (χ2v) is 12.6. The number of rotatable bonds is 10. The van der Waals surface area contributed by atoms with Gasteiger partial charge in [-0.15, -0.1) is 11.3 Å². The van der Waals surface area contributed by atoms with Gasteiger partial charge in [0.2, 0.25) is 0 Å². The number of methoxy groups -OCH3 is 1. The summed E-state index contributed by atoms with van der Waals surface area (Å²) < 4.78 is 18.9. The third-order valence-electron chi connectivity index (χ3n) is 7.27. The number of benzene rings is 3. The lowest BCUT2D eigenvalue weighted by Gasteiger charge is -2.24. The minimum atomic E-state index is -0.740. The molecule has 0 saturated heterocycles. The zero-order chi connectivity index (χ0) is 33.1. The smallest absolute Gasteiger partial charge is 0.338 e. The Labute approximate surface area is 281 Å². The normalized spacial score (nSPS) is 14.4. The monoisotopic (exact) mass is 687 g/mol. The highest BCUT2D eigenvalue weighted by Crippen LogP contribution is 2.38. The van der Waals surface area contributed by atoms with Gasteiger partial charge in [-0.05, 0) is 59.8 Å². The summed E-state index contributed by atoms with van der Waals surface area (Å²) in [5, 5.41) is 13.1. The van der Waals surface area contributed by atoms with Crippen molar-refractivity contribution in [2.75, 3.05) is 13.7 Å². The Kier molecular flexibility index (Phi) is 9.34. The van der Waals surface area contributed by atoms with Crippen LogP contribution in [0, 0.1) is 10.1 Å². The molecule has 13 heteroatoms. The molecule has 0 aliphatic carbocycles. The van der Waals surface area contributed by atoms with Gasteiger partial charge < -0.3 is 14.2 Å². The molecule has 0 spiro atoms. The highest BCUT2D eigenvalue weighted by atomic mass is 35.5. The van der Waals surface area contributed by atoms with Crippen molar-refractivity contribution in [1.82, 2.24) is 4.57 Å². The van der Waals surface area contributed by atoms with Crippen molar-refractivity contribution >= 4 is 57.7 Å². The van der Waals surface area contributed by atoms with Crippen molar-refractivity contribution in [3.05, 3.63) is 146 Å². The molecule has 0 radical (unpaired) electrons. The van der Waals surface area contributed by atoms with Crippen molar-refractivity contribution in [2.45, 2.75) is 19.6 Å². The molecule has 0 N–H and O–H groups in total. The van der Waals surface area contributed by atoms with E-state index in [0.717, 1.165) is 10.4 Å². The minimum absolute atomic E-state index is 0.0193. The number of fused-ring (bicyclic) bond motifs is 1. The van der Waals surface area contributed by atoms with Crippen LogP contribution in [0.5, 0.6) is 11.5 Å². The number of non-ortho nitro benzene ring substituents is 1. The van der Waals surface area contributed by atoms with Crippen LogP contribution in [0.4, 0.5) is 5.69 Å². The SMILES string of the molecule is CCOC(=O)C1=C(c2ccccc2)N=c2s/c(=C\c3cc(Cl)c(OCc4ccc([N+](=O)[O-])cc4)c(OC)c3)c(=O)n2[C@@H]1c1cccs1. The second kappa shape index (κ2) is 13.8. The van der Waals surface area contributed by atoms with Gasteiger partial charge in [-0.25, -0.2) is 9.79 Å². The van der Waals surface area contributed by atoms with Gasteiger partial charge in [-0.1, -0.05) is 59.3 Å². The van der Waals surface area contributed by atoms with E-state index in [1.165, 1.54) is 41.9 Å². The minimum Gasteiger partial charge on any atom is -0.493 e. The molecule has 10 nitrogen and oxygen atoms in total. The van der Waals surface area contributed by atoms with Gasteiger partial charge in [0.15, 0.2) is 16.3 Å². The fraction of sp³-hybridized carbons (Fsp3) is 0.147. The van der Waals surface area contributed by atoms with E-state index in [4.69, 9.17) is 30.8 Å². The van der Waals surface area contributed by atoms with Crippen molar-refractivity contribution < 1.29 is 23.9 Å². The van der Waals surface area contributed by atoms with Crippen LogP contribution in [0.3, 0.4) is 0 Å². The number of hydrogen-bond donors (Lipinski definition) is 0. The maximum absolute atomic E-state index is 14.1. The molecule has 0 amide bonds. The first-order chi connectivity index (χ1) is 22.8. The molecular formula is C34H26ClN3O7S2. The van der Waals surface area contributed by atoms with E-state index in [9.17, 15) is 19.7 Å². The van der Waals surface area contributed by atoms with E-state index in [0.29, 0.717) is 37.5 Å². The van der Waals surface area contributed by atoms with Crippen LogP contribution in [0.15, 0.2) is 99.6 Å². The molecule has 3 aromatic carbocycles. The van der Waals surface area contributed by atoms with Crippen molar-refractivity contribution in [1.29, 1.82) is 0 Å². The van der Waals surface area contributed by atoms with Gasteiger partial charge in [-0.3, -0.25) is 19.5 Å². The molecule has 47 heavy (non-hydrogen) atoms. The lowest BCUT2D eigenvalue weighted by atomic mass is 9.97. The summed E-state index contributed by atoms with van der Waals surface area (Å²) in [6.07, 6.45) is 1.69. The number of ether oxygens (including phenoxy) is 3. The van der Waals surface area contributed by atoms with Gasteiger partial charge in [0.25, 0.3) is 11.2 Å². The second-order valence-electron chi connectivity index (χ2n) is 10.2. The van der Waals surface area contributed by atoms with Gasteiger partial charge in [0.05, 0.1) is 39.5 Å². The van der Waals surface area contributed by atoms with Crippen LogP contribution in [0.1, 0.15) is 34.5 Å². The Morgan fingerprint density at radius 3 is 2.53 bits per heavy atom. The summed E-state index contributed by atoms with van der Waals surface area (Å²) in [6.45, 7) is 2.00. The molecule has 3 heterocycles. The van der Waals surface area contributed by atoms with E-state index in [1.807, 2.05) is 47.8 Å². The average molecular weight is 688 g/mol. The van der Waals surface area contributed by atoms with Crippen LogP contribution in [-0.2, 0) is 16.1 Å². The van der Waals surface area contributed by atoms with Gasteiger partial charge in [-0.2, -0.15) is 0 Å². The maximum atomic E-state index is 14.1. The lowest BCUT2D eigenvalue weighted by molar-refractivity contribution is -0.384. The van der Waals surface area contributed by atoms with Crippen molar-refractivity contribution in [3.63, 3.8) is 0 Å². The molecule has 6 rings (SSSR count). The molecule has 5 aromatic rings. The highest BCUT2D eigenvalue weighted by molar-refractivity contribution is 7.10. The van der Waals surface area contributed by atoms with E-state index in [2.05, 4.69) is 0 Å². The summed E-state index contributed by atoms with van der Waals surface area (Å²) in [6, 6.07) is 21.8. The topological polar surface area (TPSA) is 122 Å². The quantitative estimate of drug-likeness (QED) is 0.0981. The number of thiazole rings is 1. The zero-order valence-electron chi connectivity index (χ0n) is 25.0. The Hall–Kier alpha value is -5.04. The predicted octanol–water partition coefficient (Wildman–Crippen LogP) is 6.15. The molecule has 0 saturated carbocycles. The number of esters is 1. The first-order valence-electron chi connectivity index (χ1n) is 14.3. The molecule has 1 aliphatic rings. The molecule has 2 aromatic heterocycles. The number of carbonyl (C=O) groups excluding carboxylic acids is 1. The largest absolute Gasteiger partial charge is 0.493 e. The fourth-order valence-corrected chi connectivity index (χ4v) is 7.24. The number of halogens is 1. The molecular weight excluding hydrogens is 662 g/mol. The van der Waals surface area contributed by atoms with Crippen LogP contribution in [-0.4, -0.2) is 29.2 Å².